The minimum absolute atomic E-state index is 0.0669. The summed E-state index contributed by atoms with van der Waals surface area (Å²) in [7, 11) is 3.06. The molecule has 0 bridgehead atoms. The number of likely N-dealkylation sites (N-methyl/N-ethyl adjacent to an activating group) is 1. The van der Waals surface area contributed by atoms with Crippen molar-refractivity contribution in [3.63, 3.8) is 0 Å². The number of rotatable bonds is 5. The standard InChI is InChI=1S/C20H19F4N3O/c1-13(19(28)26(2)3)27(12-15-6-4-5-7-18(15)21)16-9-8-14(11-25)17(10-16)20(22,23)24/h4-10,13H,12H2,1-3H3. The minimum atomic E-state index is -4.74. The summed E-state index contributed by atoms with van der Waals surface area (Å²) < 4.78 is 54.2. The molecule has 1 atom stereocenters. The number of alkyl halides is 3. The van der Waals surface area contributed by atoms with Crippen LogP contribution >= 0.6 is 0 Å². The molecule has 148 valence electrons. The van der Waals surface area contributed by atoms with Gasteiger partial charge in [-0.05, 0) is 31.2 Å². The first kappa shape index (κ1) is 21.2. The number of hydrogen-bond donors (Lipinski definition) is 0. The molecule has 0 saturated carbocycles. The number of amides is 1. The molecule has 2 aromatic carbocycles. The van der Waals surface area contributed by atoms with Crippen molar-refractivity contribution in [3.05, 3.63) is 65.0 Å². The van der Waals surface area contributed by atoms with Crippen LogP contribution in [-0.2, 0) is 17.5 Å². The largest absolute Gasteiger partial charge is 0.417 e. The molecule has 0 saturated heterocycles. The van der Waals surface area contributed by atoms with Crippen molar-refractivity contribution in [2.45, 2.75) is 25.7 Å². The molecule has 0 N–H and O–H groups in total. The van der Waals surface area contributed by atoms with Crippen LogP contribution in [0.1, 0.15) is 23.6 Å². The highest BCUT2D eigenvalue weighted by molar-refractivity contribution is 5.84. The number of hydrogen-bond acceptors (Lipinski definition) is 3. The number of carbonyl (C=O) groups is 1. The number of carbonyl (C=O) groups excluding carboxylic acids is 1. The second-order valence-corrected chi connectivity index (χ2v) is 6.47. The van der Waals surface area contributed by atoms with Crippen molar-refractivity contribution < 1.29 is 22.4 Å². The lowest BCUT2D eigenvalue weighted by molar-refractivity contribution is -0.137. The Labute approximate surface area is 160 Å². The van der Waals surface area contributed by atoms with Gasteiger partial charge in [0.15, 0.2) is 0 Å². The Balaban J connectivity index is 2.57. The zero-order valence-corrected chi connectivity index (χ0v) is 15.6. The average molecular weight is 393 g/mol. The molecule has 8 heteroatoms. The van der Waals surface area contributed by atoms with Crippen LogP contribution in [0.15, 0.2) is 42.5 Å². The summed E-state index contributed by atoms with van der Waals surface area (Å²) in [4.78, 5) is 15.2. The molecule has 0 fully saturated rings. The lowest BCUT2D eigenvalue weighted by Crippen LogP contribution is -2.44. The van der Waals surface area contributed by atoms with E-state index in [2.05, 4.69) is 0 Å². The van der Waals surface area contributed by atoms with Crippen LogP contribution in [0.25, 0.3) is 0 Å². The summed E-state index contributed by atoms with van der Waals surface area (Å²) in [5.74, 6) is -0.879. The van der Waals surface area contributed by atoms with Crippen molar-refractivity contribution in [1.29, 1.82) is 5.26 Å². The summed E-state index contributed by atoms with van der Waals surface area (Å²) in [5.41, 5.74) is -1.32. The monoisotopic (exact) mass is 393 g/mol. The molecule has 0 aliphatic carbocycles. The quantitative estimate of drug-likeness (QED) is 0.716. The maximum absolute atomic E-state index is 14.1. The Bertz CT molecular complexity index is 903. The van der Waals surface area contributed by atoms with Gasteiger partial charge in [0.2, 0.25) is 5.91 Å². The molecule has 0 radical (unpaired) electrons. The van der Waals surface area contributed by atoms with E-state index in [1.54, 1.807) is 6.07 Å². The van der Waals surface area contributed by atoms with E-state index in [0.29, 0.717) is 0 Å². The van der Waals surface area contributed by atoms with Crippen LogP contribution in [-0.4, -0.2) is 30.9 Å². The van der Waals surface area contributed by atoms with E-state index in [1.807, 2.05) is 0 Å². The smallest absolute Gasteiger partial charge is 0.355 e. The van der Waals surface area contributed by atoms with E-state index in [0.717, 1.165) is 12.1 Å². The third-order valence-corrected chi connectivity index (χ3v) is 4.32. The molecular weight excluding hydrogens is 374 g/mol. The maximum atomic E-state index is 14.1. The van der Waals surface area contributed by atoms with Gasteiger partial charge in [-0.1, -0.05) is 18.2 Å². The van der Waals surface area contributed by atoms with Gasteiger partial charge in [0.05, 0.1) is 17.2 Å². The van der Waals surface area contributed by atoms with Gasteiger partial charge in [0.25, 0.3) is 0 Å². The number of nitrogens with zero attached hydrogens (tertiary/aromatic N) is 3. The Morgan fingerprint density at radius 1 is 1.18 bits per heavy atom. The lowest BCUT2D eigenvalue weighted by Gasteiger charge is -2.32. The van der Waals surface area contributed by atoms with Gasteiger partial charge in [0, 0.05) is 31.9 Å². The fourth-order valence-electron chi connectivity index (χ4n) is 2.81. The normalized spacial score (nSPS) is 12.2. The third kappa shape index (κ3) is 4.60. The fourth-order valence-corrected chi connectivity index (χ4v) is 2.81. The highest BCUT2D eigenvalue weighted by atomic mass is 19.4. The Morgan fingerprint density at radius 2 is 1.82 bits per heavy atom. The summed E-state index contributed by atoms with van der Waals surface area (Å²) in [6, 6.07) is 9.72. The Morgan fingerprint density at radius 3 is 2.36 bits per heavy atom. The zero-order valence-electron chi connectivity index (χ0n) is 15.6. The van der Waals surface area contributed by atoms with Crippen LogP contribution in [0, 0.1) is 17.1 Å². The summed E-state index contributed by atoms with van der Waals surface area (Å²) in [6.07, 6.45) is -4.74. The van der Waals surface area contributed by atoms with Gasteiger partial charge < -0.3 is 9.80 Å². The van der Waals surface area contributed by atoms with Crippen LogP contribution in [0.4, 0.5) is 23.2 Å². The highest BCUT2D eigenvalue weighted by Crippen LogP contribution is 2.35. The number of benzene rings is 2. The van der Waals surface area contributed by atoms with Crippen LogP contribution < -0.4 is 4.90 Å². The minimum Gasteiger partial charge on any atom is -0.355 e. The van der Waals surface area contributed by atoms with E-state index < -0.39 is 29.2 Å². The zero-order chi connectivity index (χ0) is 21.1. The van der Waals surface area contributed by atoms with Crippen molar-refractivity contribution in [3.8, 4) is 6.07 Å². The van der Waals surface area contributed by atoms with Crippen molar-refractivity contribution in [2.24, 2.45) is 0 Å². The highest BCUT2D eigenvalue weighted by Gasteiger charge is 2.35. The molecule has 0 heterocycles. The van der Waals surface area contributed by atoms with Crippen molar-refractivity contribution >= 4 is 11.6 Å². The lowest BCUT2D eigenvalue weighted by atomic mass is 10.0. The molecule has 1 unspecified atom stereocenters. The molecule has 1 amide bonds. The van der Waals surface area contributed by atoms with E-state index in [9.17, 15) is 22.4 Å². The van der Waals surface area contributed by atoms with E-state index in [1.165, 1.54) is 61.2 Å². The van der Waals surface area contributed by atoms with Gasteiger partial charge >= 0.3 is 6.18 Å². The average Bonchev–Trinajstić information content (AvgIpc) is 2.65. The van der Waals surface area contributed by atoms with Gasteiger partial charge in [0.1, 0.15) is 11.9 Å². The molecule has 0 aliphatic rings. The van der Waals surface area contributed by atoms with Crippen molar-refractivity contribution in [1.82, 2.24) is 4.90 Å². The third-order valence-electron chi connectivity index (χ3n) is 4.32. The first-order valence-electron chi connectivity index (χ1n) is 8.38. The molecule has 4 nitrogen and oxygen atoms in total. The molecule has 2 rings (SSSR count). The van der Waals surface area contributed by atoms with Crippen LogP contribution in [0.3, 0.4) is 0 Å². The summed E-state index contributed by atoms with van der Waals surface area (Å²) >= 11 is 0. The molecule has 0 aliphatic heterocycles. The Hall–Kier alpha value is -3.08. The van der Waals surface area contributed by atoms with E-state index in [4.69, 9.17) is 5.26 Å². The second-order valence-electron chi connectivity index (χ2n) is 6.47. The Kier molecular flexibility index (Phi) is 6.29. The van der Waals surface area contributed by atoms with Gasteiger partial charge in [-0.15, -0.1) is 0 Å². The second kappa shape index (κ2) is 8.30. The molecule has 2 aromatic rings. The topological polar surface area (TPSA) is 47.3 Å². The predicted octanol–water partition coefficient (Wildman–Crippen LogP) is 4.20. The number of nitriles is 1. The molecule has 0 aromatic heterocycles. The summed E-state index contributed by atoms with van der Waals surface area (Å²) in [6.45, 7) is 1.42. The predicted molar refractivity (Wildman–Crippen MR) is 96.9 cm³/mol. The molecule has 0 spiro atoms. The van der Waals surface area contributed by atoms with E-state index >= 15 is 0 Å². The van der Waals surface area contributed by atoms with Crippen molar-refractivity contribution in [2.75, 3.05) is 19.0 Å². The number of anilines is 1. The SMILES string of the molecule is CC(C(=O)N(C)C)N(Cc1ccccc1F)c1ccc(C#N)c(C(F)(F)F)c1. The van der Waals surface area contributed by atoms with Gasteiger partial charge in [-0.25, -0.2) is 4.39 Å². The van der Waals surface area contributed by atoms with E-state index in [-0.39, 0.29) is 23.7 Å². The molecular formula is C20H19F4N3O. The summed E-state index contributed by atoms with van der Waals surface area (Å²) in [5, 5.41) is 8.98. The van der Waals surface area contributed by atoms with Crippen LogP contribution in [0.5, 0.6) is 0 Å². The van der Waals surface area contributed by atoms with Crippen LogP contribution in [0.2, 0.25) is 0 Å². The molecule has 28 heavy (non-hydrogen) atoms. The first-order valence-corrected chi connectivity index (χ1v) is 8.38. The first-order chi connectivity index (χ1) is 13.1. The number of halogens is 4. The maximum Gasteiger partial charge on any atom is 0.417 e. The van der Waals surface area contributed by atoms with Gasteiger partial charge in [-0.3, -0.25) is 4.79 Å². The van der Waals surface area contributed by atoms with Gasteiger partial charge in [-0.2, -0.15) is 18.4 Å². The fraction of sp³-hybridized carbons (Fsp3) is 0.300.